The molecule has 0 saturated heterocycles. The summed E-state index contributed by atoms with van der Waals surface area (Å²) in [5, 5.41) is 10.6. The van der Waals surface area contributed by atoms with Gasteiger partial charge >= 0.3 is 0 Å². The Labute approximate surface area is 52.2 Å². The van der Waals surface area contributed by atoms with Crippen LogP contribution < -0.4 is 0 Å². The summed E-state index contributed by atoms with van der Waals surface area (Å²) in [7, 11) is 0. The first-order chi connectivity index (χ1) is 4.30. The number of nitrogens with zero attached hydrogens (tertiary/aromatic N) is 2. The maximum Gasteiger partial charge on any atom is 0.164 e. The minimum absolute atomic E-state index is 0.365. The molecule has 4 nitrogen and oxygen atoms in total. The molecule has 9 heavy (non-hydrogen) atoms. The summed E-state index contributed by atoms with van der Waals surface area (Å²) < 4.78 is 0. The van der Waals surface area contributed by atoms with E-state index < -0.39 is 5.03 Å². The summed E-state index contributed by atoms with van der Waals surface area (Å²) in [6.07, 6.45) is 6.56. The van der Waals surface area contributed by atoms with E-state index in [1.54, 1.807) is 18.2 Å². The summed E-state index contributed by atoms with van der Waals surface area (Å²) in [5.41, 5.74) is 0. The maximum absolute atomic E-state index is 10.0. The Morgan fingerprint density at radius 3 is 2.67 bits per heavy atom. The van der Waals surface area contributed by atoms with E-state index in [9.17, 15) is 10.1 Å². The molecular weight excluding hydrogens is 120 g/mol. The predicted molar refractivity (Wildman–Crippen MR) is 32.0 cm³/mol. The topological polar surface area (TPSA) is 46.4 Å². The standard InChI is InChI=1S/C5H6N2O2/c8-7(9)6-4-2-1-3-5-6/h1-4H,5H2. The second-order valence-corrected chi connectivity index (χ2v) is 1.63. The van der Waals surface area contributed by atoms with Crippen molar-refractivity contribution in [3.63, 3.8) is 0 Å². The highest BCUT2D eigenvalue weighted by Crippen LogP contribution is 1.96. The van der Waals surface area contributed by atoms with Crippen molar-refractivity contribution in [3.8, 4) is 0 Å². The Morgan fingerprint density at radius 2 is 2.33 bits per heavy atom. The zero-order valence-electron chi connectivity index (χ0n) is 4.73. The van der Waals surface area contributed by atoms with Gasteiger partial charge in [0.1, 0.15) is 6.54 Å². The summed E-state index contributed by atoms with van der Waals surface area (Å²) in [6.45, 7) is 0.365. The van der Waals surface area contributed by atoms with Gasteiger partial charge in [-0.15, -0.1) is 0 Å². The molecule has 0 amide bonds. The molecule has 4 heteroatoms. The lowest BCUT2D eigenvalue weighted by Gasteiger charge is -2.07. The van der Waals surface area contributed by atoms with E-state index in [1.807, 2.05) is 0 Å². The van der Waals surface area contributed by atoms with Gasteiger partial charge in [-0.1, -0.05) is 17.2 Å². The normalized spacial score (nSPS) is 16.2. The third kappa shape index (κ3) is 1.28. The van der Waals surface area contributed by atoms with Crippen LogP contribution in [0, 0.1) is 10.1 Å². The van der Waals surface area contributed by atoms with Gasteiger partial charge in [-0.25, -0.2) is 10.1 Å². The molecule has 0 aliphatic carbocycles. The van der Waals surface area contributed by atoms with Crippen molar-refractivity contribution >= 4 is 0 Å². The van der Waals surface area contributed by atoms with E-state index in [1.165, 1.54) is 6.20 Å². The van der Waals surface area contributed by atoms with Gasteiger partial charge in [0.2, 0.25) is 0 Å². The second-order valence-electron chi connectivity index (χ2n) is 1.63. The fourth-order valence-electron chi connectivity index (χ4n) is 0.578. The molecule has 0 bridgehead atoms. The van der Waals surface area contributed by atoms with Crippen LogP contribution in [0.1, 0.15) is 0 Å². The fourth-order valence-corrected chi connectivity index (χ4v) is 0.578. The summed E-state index contributed by atoms with van der Waals surface area (Å²) >= 11 is 0. The molecule has 0 atom stereocenters. The van der Waals surface area contributed by atoms with Crippen molar-refractivity contribution in [3.05, 3.63) is 34.5 Å². The van der Waals surface area contributed by atoms with Crippen LogP contribution in [-0.4, -0.2) is 16.6 Å². The maximum atomic E-state index is 10.0. The van der Waals surface area contributed by atoms with Crippen LogP contribution >= 0.6 is 0 Å². The van der Waals surface area contributed by atoms with E-state index in [-0.39, 0.29) is 0 Å². The van der Waals surface area contributed by atoms with Crippen LogP contribution in [0.2, 0.25) is 0 Å². The van der Waals surface area contributed by atoms with Gasteiger partial charge in [0.15, 0.2) is 5.03 Å². The van der Waals surface area contributed by atoms with Crippen LogP contribution in [0.15, 0.2) is 24.4 Å². The summed E-state index contributed by atoms with van der Waals surface area (Å²) in [5.74, 6) is 0. The molecule has 1 aliphatic heterocycles. The summed E-state index contributed by atoms with van der Waals surface area (Å²) in [6, 6.07) is 0. The van der Waals surface area contributed by atoms with Gasteiger partial charge in [-0.2, -0.15) is 0 Å². The SMILES string of the molecule is O=[N+]([O-])N1C=CC=CC1. The van der Waals surface area contributed by atoms with Crippen LogP contribution in [0.5, 0.6) is 0 Å². The van der Waals surface area contributed by atoms with Gasteiger partial charge in [-0.3, -0.25) is 0 Å². The highest BCUT2D eigenvalue weighted by Gasteiger charge is 2.07. The minimum atomic E-state index is -0.444. The molecule has 1 aliphatic rings. The molecule has 0 N–H and O–H groups in total. The number of allylic oxidation sites excluding steroid dienone is 2. The average Bonchev–Trinajstić information content (AvgIpc) is 1.90. The predicted octanol–water partition coefficient (Wildman–Crippen LogP) is 0.564. The van der Waals surface area contributed by atoms with Crippen LogP contribution in [0.3, 0.4) is 0 Å². The Morgan fingerprint density at radius 1 is 1.56 bits per heavy atom. The first-order valence-corrected chi connectivity index (χ1v) is 2.55. The van der Waals surface area contributed by atoms with Crippen molar-refractivity contribution in [2.24, 2.45) is 0 Å². The molecule has 48 valence electrons. The van der Waals surface area contributed by atoms with Crippen LogP contribution in [0.25, 0.3) is 0 Å². The van der Waals surface area contributed by atoms with Crippen molar-refractivity contribution in [2.45, 2.75) is 0 Å². The smallest absolute Gasteiger partial charge is 0.164 e. The Hall–Kier alpha value is -1.32. The van der Waals surface area contributed by atoms with E-state index in [2.05, 4.69) is 0 Å². The largest absolute Gasteiger partial charge is 0.234 e. The molecule has 0 unspecified atom stereocenters. The zero-order valence-corrected chi connectivity index (χ0v) is 4.73. The van der Waals surface area contributed by atoms with Gasteiger partial charge < -0.3 is 0 Å². The quantitative estimate of drug-likeness (QED) is 0.381. The van der Waals surface area contributed by atoms with Crippen molar-refractivity contribution in [2.75, 3.05) is 6.54 Å². The number of hydrazine groups is 1. The molecule has 0 aromatic carbocycles. The van der Waals surface area contributed by atoms with Gasteiger partial charge in [0.25, 0.3) is 0 Å². The van der Waals surface area contributed by atoms with E-state index in [0.29, 0.717) is 6.54 Å². The van der Waals surface area contributed by atoms with Gasteiger partial charge in [-0.05, 0) is 6.08 Å². The van der Waals surface area contributed by atoms with Crippen molar-refractivity contribution in [1.82, 2.24) is 5.01 Å². The first-order valence-electron chi connectivity index (χ1n) is 2.55. The van der Waals surface area contributed by atoms with E-state index in [0.717, 1.165) is 5.01 Å². The minimum Gasteiger partial charge on any atom is -0.234 e. The van der Waals surface area contributed by atoms with Crippen molar-refractivity contribution in [1.29, 1.82) is 0 Å². The van der Waals surface area contributed by atoms with E-state index >= 15 is 0 Å². The molecule has 1 heterocycles. The summed E-state index contributed by atoms with van der Waals surface area (Å²) in [4.78, 5) is 10.0. The second kappa shape index (κ2) is 2.30. The molecule has 0 aromatic rings. The highest BCUT2D eigenvalue weighted by atomic mass is 16.7. The number of nitro groups is 1. The van der Waals surface area contributed by atoms with Gasteiger partial charge in [0, 0.05) is 0 Å². The fraction of sp³-hybridized carbons (Fsp3) is 0.200. The van der Waals surface area contributed by atoms with Crippen LogP contribution in [0.4, 0.5) is 0 Å². The number of rotatable bonds is 1. The van der Waals surface area contributed by atoms with Crippen molar-refractivity contribution < 1.29 is 5.03 Å². The molecule has 0 radical (unpaired) electrons. The monoisotopic (exact) mass is 126 g/mol. The van der Waals surface area contributed by atoms with Crippen LogP contribution in [-0.2, 0) is 0 Å². The molecular formula is C5H6N2O2. The zero-order chi connectivity index (χ0) is 6.69. The lowest BCUT2D eigenvalue weighted by atomic mass is 10.4. The molecule has 0 saturated carbocycles. The number of hydrogen-bond donors (Lipinski definition) is 0. The lowest BCUT2D eigenvalue weighted by molar-refractivity contribution is -0.637. The lowest BCUT2D eigenvalue weighted by Crippen LogP contribution is -2.25. The molecule has 1 rings (SSSR count). The molecule has 0 aromatic heterocycles. The highest BCUT2D eigenvalue weighted by molar-refractivity contribution is 5.06. The molecule has 0 spiro atoms. The first kappa shape index (κ1) is 5.81. The average molecular weight is 126 g/mol. The third-order valence-corrected chi connectivity index (χ3v) is 1.01. The van der Waals surface area contributed by atoms with Gasteiger partial charge in [0.05, 0.1) is 6.20 Å². The third-order valence-electron chi connectivity index (χ3n) is 1.01. The Balaban J connectivity index is 2.56. The van der Waals surface area contributed by atoms with E-state index in [4.69, 9.17) is 0 Å². The Bertz CT molecular complexity index is 174. The molecule has 0 fully saturated rings. The number of hydrogen-bond acceptors (Lipinski definition) is 2. The Kier molecular flexibility index (Phi) is 1.48.